The number of hydrogen-bond acceptors (Lipinski definition) is 2. The Morgan fingerprint density at radius 1 is 1.03 bits per heavy atom. The zero-order valence-corrected chi connectivity index (χ0v) is 17.9. The monoisotopic (exact) mass is 467 g/mol. The molecule has 0 N–H and O–H groups in total. The van der Waals surface area contributed by atoms with Gasteiger partial charge in [0.15, 0.2) is 0 Å². The van der Waals surface area contributed by atoms with Crippen LogP contribution in [0.4, 0.5) is 8.78 Å². The Balaban J connectivity index is 1.69. The summed E-state index contributed by atoms with van der Waals surface area (Å²) in [5, 5.41) is 3.34. The van der Waals surface area contributed by atoms with Crippen LogP contribution in [0.5, 0.6) is 0 Å². The molecule has 5 heteroatoms. The Bertz CT molecular complexity index is 1320. The summed E-state index contributed by atoms with van der Waals surface area (Å²) in [5.41, 5.74) is 1.91. The van der Waals surface area contributed by atoms with E-state index in [1.165, 1.54) is 11.5 Å². The molecule has 29 heavy (non-hydrogen) atoms. The van der Waals surface area contributed by atoms with Gasteiger partial charge in [-0.2, -0.15) is 0 Å². The van der Waals surface area contributed by atoms with Crippen molar-refractivity contribution < 1.29 is 8.78 Å². The Labute approximate surface area is 179 Å². The first-order chi connectivity index (χ1) is 14.0. The van der Waals surface area contributed by atoms with E-state index >= 15 is 0 Å². The quantitative estimate of drug-likeness (QED) is 0.288. The van der Waals surface area contributed by atoms with Crippen LogP contribution >= 0.6 is 27.3 Å². The zero-order valence-electron chi connectivity index (χ0n) is 15.5. The largest absolute Gasteiger partial charge is 0.255 e. The molecule has 2 atom stereocenters. The molecule has 0 saturated carbocycles. The van der Waals surface area contributed by atoms with Gasteiger partial charge in [0, 0.05) is 44.4 Å². The second kappa shape index (κ2) is 7.15. The lowest BCUT2D eigenvalue weighted by Crippen LogP contribution is -2.11. The fraction of sp³-hybridized carbons (Fsp3) is 0.125. The first-order valence-corrected chi connectivity index (χ1v) is 10.9. The SMILES string of the molecule is CC1C(F)=CC(F)=CC1c1sc2c(-c3ccc4ccccc4c3)nccc2c1Br. The average Bonchev–Trinajstić information content (AvgIpc) is 3.07. The van der Waals surface area contributed by atoms with Crippen LogP contribution in [-0.2, 0) is 0 Å². The smallest absolute Gasteiger partial charge is 0.122 e. The molecule has 144 valence electrons. The summed E-state index contributed by atoms with van der Waals surface area (Å²) < 4.78 is 30.0. The van der Waals surface area contributed by atoms with Crippen molar-refractivity contribution in [3.63, 3.8) is 0 Å². The minimum absolute atomic E-state index is 0.351. The summed E-state index contributed by atoms with van der Waals surface area (Å²) in [5.74, 6) is -1.71. The summed E-state index contributed by atoms with van der Waals surface area (Å²) in [6.45, 7) is 1.79. The molecule has 4 aromatic rings. The number of fused-ring (bicyclic) bond motifs is 2. The Kier molecular flexibility index (Phi) is 4.60. The average molecular weight is 468 g/mol. The zero-order chi connectivity index (χ0) is 20.1. The summed E-state index contributed by atoms with van der Waals surface area (Å²) in [6, 6.07) is 16.5. The highest BCUT2D eigenvalue weighted by atomic mass is 79.9. The third-order valence-corrected chi connectivity index (χ3v) is 7.91. The number of nitrogens with zero attached hydrogens (tertiary/aromatic N) is 1. The standard InChI is InChI=1S/C24H16BrF2NS/c1-13-19(11-17(26)12-20(13)27)23-21(25)18-8-9-28-22(24(18)29-23)16-7-6-14-4-2-3-5-15(14)10-16/h2-13,19H,1H3. The second-order valence-electron chi connectivity index (χ2n) is 7.27. The first-order valence-electron chi connectivity index (χ1n) is 9.33. The molecule has 2 heterocycles. The molecule has 1 nitrogen and oxygen atoms in total. The van der Waals surface area contributed by atoms with Gasteiger partial charge in [-0.05, 0) is 44.9 Å². The van der Waals surface area contributed by atoms with Crippen LogP contribution in [-0.4, -0.2) is 4.98 Å². The van der Waals surface area contributed by atoms with Crippen LogP contribution in [0.1, 0.15) is 17.7 Å². The lowest BCUT2D eigenvalue weighted by Gasteiger charge is -2.22. The van der Waals surface area contributed by atoms with E-state index in [0.29, 0.717) is 0 Å². The van der Waals surface area contributed by atoms with Crippen LogP contribution in [0.2, 0.25) is 0 Å². The maximum atomic E-state index is 14.2. The van der Waals surface area contributed by atoms with E-state index in [0.717, 1.165) is 42.2 Å². The van der Waals surface area contributed by atoms with Gasteiger partial charge < -0.3 is 0 Å². The van der Waals surface area contributed by atoms with Gasteiger partial charge in [-0.15, -0.1) is 11.3 Å². The molecule has 2 unspecified atom stereocenters. The second-order valence-corrected chi connectivity index (χ2v) is 9.12. The fourth-order valence-electron chi connectivity index (χ4n) is 3.87. The molecule has 0 saturated heterocycles. The summed E-state index contributed by atoms with van der Waals surface area (Å²) >= 11 is 5.24. The molecule has 2 aromatic heterocycles. The van der Waals surface area contributed by atoms with Crippen molar-refractivity contribution >= 4 is 48.1 Å². The van der Waals surface area contributed by atoms with Gasteiger partial charge >= 0.3 is 0 Å². The number of thiophene rings is 1. The normalized spacial score (nSPS) is 19.4. The highest BCUT2D eigenvalue weighted by Gasteiger charge is 2.30. The number of aromatic nitrogens is 1. The van der Waals surface area contributed by atoms with Crippen LogP contribution in [0.25, 0.3) is 32.1 Å². The number of halogens is 3. The van der Waals surface area contributed by atoms with E-state index in [1.54, 1.807) is 24.5 Å². The maximum Gasteiger partial charge on any atom is 0.122 e. The number of rotatable bonds is 2. The van der Waals surface area contributed by atoms with E-state index in [2.05, 4.69) is 51.2 Å². The van der Waals surface area contributed by atoms with Gasteiger partial charge in [0.2, 0.25) is 0 Å². The van der Waals surface area contributed by atoms with Crippen molar-refractivity contribution in [2.75, 3.05) is 0 Å². The molecule has 0 radical (unpaired) electrons. The van der Waals surface area contributed by atoms with Gasteiger partial charge in [0.1, 0.15) is 11.7 Å². The first kappa shape index (κ1) is 18.6. The van der Waals surface area contributed by atoms with E-state index in [9.17, 15) is 8.78 Å². The van der Waals surface area contributed by atoms with Crippen molar-refractivity contribution in [3.8, 4) is 11.3 Å². The van der Waals surface area contributed by atoms with Gasteiger partial charge in [-0.1, -0.05) is 43.3 Å². The Morgan fingerprint density at radius 2 is 1.83 bits per heavy atom. The molecular weight excluding hydrogens is 452 g/mol. The molecule has 5 rings (SSSR count). The van der Waals surface area contributed by atoms with Crippen LogP contribution < -0.4 is 0 Å². The lowest BCUT2D eigenvalue weighted by molar-refractivity contribution is 0.443. The highest BCUT2D eigenvalue weighted by molar-refractivity contribution is 9.10. The molecule has 0 amide bonds. The van der Waals surface area contributed by atoms with Gasteiger partial charge in [0.25, 0.3) is 0 Å². The third kappa shape index (κ3) is 3.13. The number of hydrogen-bond donors (Lipinski definition) is 0. The van der Waals surface area contributed by atoms with E-state index in [4.69, 9.17) is 0 Å². The highest BCUT2D eigenvalue weighted by Crippen LogP contribution is 2.48. The lowest BCUT2D eigenvalue weighted by atomic mass is 9.87. The van der Waals surface area contributed by atoms with Gasteiger partial charge in [0.05, 0.1) is 10.4 Å². The number of pyridine rings is 1. The van der Waals surface area contributed by atoms with Gasteiger partial charge in [-0.25, -0.2) is 8.78 Å². The molecule has 0 bridgehead atoms. The van der Waals surface area contributed by atoms with Crippen molar-refractivity contribution in [1.29, 1.82) is 0 Å². The maximum absolute atomic E-state index is 14.2. The summed E-state index contributed by atoms with van der Waals surface area (Å²) in [4.78, 5) is 5.56. The van der Waals surface area contributed by atoms with E-state index < -0.39 is 17.6 Å². The van der Waals surface area contributed by atoms with Crippen molar-refractivity contribution in [1.82, 2.24) is 4.98 Å². The van der Waals surface area contributed by atoms with Crippen LogP contribution in [0.3, 0.4) is 0 Å². The molecule has 0 spiro atoms. The molecule has 0 fully saturated rings. The van der Waals surface area contributed by atoms with Crippen molar-refractivity contribution in [2.45, 2.75) is 12.8 Å². The molecular formula is C24H16BrF2NS. The van der Waals surface area contributed by atoms with E-state index in [-0.39, 0.29) is 5.92 Å². The topological polar surface area (TPSA) is 12.9 Å². The Morgan fingerprint density at radius 3 is 2.66 bits per heavy atom. The fourth-order valence-corrected chi connectivity index (χ4v) is 6.21. The number of allylic oxidation sites excluding steroid dienone is 4. The van der Waals surface area contributed by atoms with Crippen LogP contribution in [0, 0.1) is 5.92 Å². The predicted molar refractivity (Wildman–Crippen MR) is 121 cm³/mol. The van der Waals surface area contributed by atoms with Gasteiger partial charge in [-0.3, -0.25) is 4.98 Å². The minimum atomic E-state index is -0.525. The third-order valence-electron chi connectivity index (χ3n) is 5.48. The Hall–Kier alpha value is -2.37. The molecule has 1 aliphatic carbocycles. The van der Waals surface area contributed by atoms with E-state index in [1.807, 2.05) is 18.2 Å². The summed E-state index contributed by atoms with van der Waals surface area (Å²) in [6.07, 6.45) is 4.27. The summed E-state index contributed by atoms with van der Waals surface area (Å²) in [7, 11) is 0. The minimum Gasteiger partial charge on any atom is -0.255 e. The molecule has 1 aliphatic rings. The number of benzene rings is 2. The van der Waals surface area contributed by atoms with Crippen molar-refractivity contribution in [2.24, 2.45) is 5.92 Å². The molecule has 2 aromatic carbocycles. The van der Waals surface area contributed by atoms with Crippen LogP contribution in [0.15, 0.2) is 83.0 Å². The van der Waals surface area contributed by atoms with Crippen molar-refractivity contribution in [3.05, 3.63) is 87.9 Å². The molecule has 0 aliphatic heterocycles. The predicted octanol–water partition coefficient (Wildman–Crippen LogP) is 8.32.